The van der Waals surface area contributed by atoms with Crippen molar-refractivity contribution in [2.45, 2.75) is 0 Å². The molecule has 2 nitrogen and oxygen atoms in total. The van der Waals surface area contributed by atoms with Gasteiger partial charge in [-0.1, -0.05) is 47.5 Å². The van der Waals surface area contributed by atoms with E-state index in [1.54, 1.807) is 24.3 Å². The maximum absolute atomic E-state index is 13.8. The highest BCUT2D eigenvalue weighted by Gasteiger charge is 2.14. The van der Waals surface area contributed by atoms with E-state index >= 15 is 0 Å². The van der Waals surface area contributed by atoms with Crippen molar-refractivity contribution in [2.24, 2.45) is 0 Å². The molecule has 2 aromatic carbocycles. The Kier molecular flexibility index (Phi) is 3.63. The molecule has 0 aliphatic carbocycles. The van der Waals surface area contributed by atoms with Gasteiger partial charge >= 0.3 is 0 Å². The lowest BCUT2D eigenvalue weighted by Gasteiger charge is -2.08. The van der Waals surface area contributed by atoms with Crippen molar-refractivity contribution in [3.05, 3.63) is 57.0 Å². The van der Waals surface area contributed by atoms with E-state index in [4.69, 9.17) is 23.2 Å². The third-order valence-electron chi connectivity index (χ3n) is 2.88. The number of benzene rings is 2. The zero-order valence-electron chi connectivity index (χ0n) is 9.87. The predicted octanol–water partition coefficient (Wildman–Crippen LogP) is 5.51. The first-order chi connectivity index (χ1) is 9.58. The summed E-state index contributed by atoms with van der Waals surface area (Å²) in [6, 6.07) is 10.1. The summed E-state index contributed by atoms with van der Waals surface area (Å²) in [7, 11) is 0. The average Bonchev–Trinajstić information content (AvgIpc) is 2.45. The highest BCUT2D eigenvalue weighted by Crippen LogP contribution is 2.33. The van der Waals surface area contributed by atoms with Crippen LogP contribution >= 0.6 is 39.1 Å². The first-order valence-corrected chi connectivity index (χ1v) is 7.19. The number of halogens is 4. The summed E-state index contributed by atoms with van der Waals surface area (Å²) in [6.07, 6.45) is 0. The highest BCUT2D eigenvalue weighted by atomic mass is 79.9. The quantitative estimate of drug-likeness (QED) is 0.527. The van der Waals surface area contributed by atoms with Crippen LogP contribution in [0.1, 0.15) is 0 Å². The molecule has 0 saturated heterocycles. The average molecular weight is 372 g/mol. The first kappa shape index (κ1) is 13.7. The van der Waals surface area contributed by atoms with Crippen LogP contribution in [0.3, 0.4) is 0 Å². The van der Waals surface area contributed by atoms with Crippen LogP contribution in [0.2, 0.25) is 10.3 Å². The van der Waals surface area contributed by atoms with Crippen molar-refractivity contribution in [2.75, 3.05) is 0 Å². The topological polar surface area (TPSA) is 25.8 Å². The Morgan fingerprint density at radius 3 is 2.15 bits per heavy atom. The van der Waals surface area contributed by atoms with Gasteiger partial charge in [-0.05, 0) is 33.4 Å². The van der Waals surface area contributed by atoms with Crippen molar-refractivity contribution in [3.63, 3.8) is 0 Å². The SMILES string of the molecule is Fc1ccc(-c2nc(Cl)c(Br)c(Cl)n2)c2ccccc12. The second-order valence-electron chi connectivity index (χ2n) is 4.08. The molecule has 1 heterocycles. The molecule has 0 spiro atoms. The molecule has 0 atom stereocenters. The standard InChI is InChI=1S/C14H6BrCl2FN2/c15-11-12(16)19-14(20-13(11)17)9-5-6-10(18)8-4-2-1-3-7(8)9/h1-6H. The van der Waals surface area contributed by atoms with Crippen molar-refractivity contribution in [1.82, 2.24) is 9.97 Å². The molecule has 1 aromatic heterocycles. The lowest BCUT2D eigenvalue weighted by Crippen LogP contribution is -1.94. The molecule has 0 fully saturated rings. The van der Waals surface area contributed by atoms with E-state index in [1.807, 2.05) is 6.07 Å². The molecule has 6 heteroatoms. The molecule has 0 N–H and O–H groups in total. The summed E-state index contributed by atoms with van der Waals surface area (Å²) in [5, 5.41) is 1.65. The van der Waals surface area contributed by atoms with Gasteiger partial charge in [0.2, 0.25) is 0 Å². The van der Waals surface area contributed by atoms with Gasteiger partial charge in [0.05, 0.1) is 4.47 Å². The molecule has 3 aromatic rings. The van der Waals surface area contributed by atoms with E-state index in [0.29, 0.717) is 26.6 Å². The Balaban J connectivity index is 2.33. The van der Waals surface area contributed by atoms with Crippen LogP contribution in [-0.2, 0) is 0 Å². The fourth-order valence-corrected chi connectivity index (χ4v) is 2.54. The van der Waals surface area contributed by atoms with Gasteiger partial charge in [0.25, 0.3) is 0 Å². The molecule has 0 aliphatic heterocycles. The van der Waals surface area contributed by atoms with Gasteiger partial charge in [0.1, 0.15) is 16.1 Å². The molecule has 0 aliphatic rings. The van der Waals surface area contributed by atoms with E-state index in [1.165, 1.54) is 6.07 Å². The Morgan fingerprint density at radius 1 is 0.900 bits per heavy atom. The minimum atomic E-state index is -0.293. The Bertz CT molecular complexity index is 800. The summed E-state index contributed by atoms with van der Waals surface area (Å²) in [5.74, 6) is 0.0676. The van der Waals surface area contributed by atoms with Crippen molar-refractivity contribution >= 4 is 49.9 Å². The molecular formula is C14H6BrCl2FN2. The van der Waals surface area contributed by atoms with Crippen molar-refractivity contribution < 1.29 is 4.39 Å². The predicted molar refractivity (Wildman–Crippen MR) is 82.7 cm³/mol. The van der Waals surface area contributed by atoms with E-state index in [0.717, 1.165) is 0 Å². The molecule has 20 heavy (non-hydrogen) atoms. The zero-order valence-corrected chi connectivity index (χ0v) is 13.0. The smallest absolute Gasteiger partial charge is 0.163 e. The second kappa shape index (κ2) is 5.28. The molecule has 0 saturated carbocycles. The Labute approximate surface area is 132 Å². The van der Waals surface area contributed by atoms with Crippen LogP contribution in [-0.4, -0.2) is 9.97 Å². The minimum absolute atomic E-state index is 0.216. The van der Waals surface area contributed by atoms with E-state index in [2.05, 4.69) is 25.9 Å². The number of hydrogen-bond acceptors (Lipinski definition) is 2. The van der Waals surface area contributed by atoms with E-state index < -0.39 is 0 Å². The van der Waals surface area contributed by atoms with Crippen LogP contribution in [0, 0.1) is 5.82 Å². The molecule has 0 amide bonds. The first-order valence-electron chi connectivity index (χ1n) is 5.64. The minimum Gasteiger partial charge on any atom is -0.215 e. The maximum Gasteiger partial charge on any atom is 0.163 e. The van der Waals surface area contributed by atoms with Crippen molar-refractivity contribution in [1.29, 1.82) is 0 Å². The van der Waals surface area contributed by atoms with E-state index in [-0.39, 0.29) is 16.1 Å². The van der Waals surface area contributed by atoms with Crippen molar-refractivity contribution in [3.8, 4) is 11.4 Å². The van der Waals surface area contributed by atoms with Gasteiger partial charge in [-0.15, -0.1) is 0 Å². The van der Waals surface area contributed by atoms with Crippen LogP contribution in [0.15, 0.2) is 40.9 Å². The molecular weight excluding hydrogens is 366 g/mol. The molecule has 3 rings (SSSR count). The number of rotatable bonds is 1. The van der Waals surface area contributed by atoms with Gasteiger partial charge in [0.15, 0.2) is 5.82 Å². The van der Waals surface area contributed by atoms with Gasteiger partial charge in [-0.2, -0.15) is 0 Å². The third kappa shape index (κ3) is 2.28. The fraction of sp³-hybridized carbons (Fsp3) is 0. The van der Waals surface area contributed by atoms with Gasteiger partial charge in [0, 0.05) is 10.9 Å². The number of aromatic nitrogens is 2. The second-order valence-corrected chi connectivity index (χ2v) is 5.59. The fourth-order valence-electron chi connectivity index (χ4n) is 1.97. The monoisotopic (exact) mass is 370 g/mol. The maximum atomic E-state index is 13.8. The lowest BCUT2D eigenvalue weighted by molar-refractivity contribution is 0.640. The van der Waals surface area contributed by atoms with Gasteiger partial charge in [-0.25, -0.2) is 14.4 Å². The molecule has 0 radical (unpaired) electrons. The zero-order chi connectivity index (χ0) is 14.3. The number of fused-ring (bicyclic) bond motifs is 1. The summed E-state index contributed by atoms with van der Waals surface area (Å²) < 4.78 is 14.2. The number of nitrogens with zero attached hydrogens (tertiary/aromatic N) is 2. The molecule has 0 unspecified atom stereocenters. The third-order valence-corrected chi connectivity index (χ3v) is 4.64. The van der Waals surface area contributed by atoms with E-state index in [9.17, 15) is 4.39 Å². The summed E-state index contributed by atoms with van der Waals surface area (Å²) in [5.41, 5.74) is 0.679. The van der Waals surface area contributed by atoms with Crippen LogP contribution in [0.5, 0.6) is 0 Å². The Morgan fingerprint density at radius 2 is 1.50 bits per heavy atom. The molecule has 100 valence electrons. The van der Waals surface area contributed by atoms with Gasteiger partial charge in [-0.3, -0.25) is 0 Å². The van der Waals surface area contributed by atoms with Crippen LogP contribution in [0.4, 0.5) is 4.39 Å². The lowest BCUT2D eigenvalue weighted by atomic mass is 10.0. The summed E-state index contributed by atoms with van der Waals surface area (Å²) in [6.45, 7) is 0. The summed E-state index contributed by atoms with van der Waals surface area (Å²) >= 11 is 15.2. The Hall–Kier alpha value is -1.23. The van der Waals surface area contributed by atoms with Crippen LogP contribution in [0.25, 0.3) is 22.2 Å². The highest BCUT2D eigenvalue weighted by molar-refractivity contribution is 9.10. The largest absolute Gasteiger partial charge is 0.215 e. The van der Waals surface area contributed by atoms with Crippen LogP contribution < -0.4 is 0 Å². The summed E-state index contributed by atoms with van der Waals surface area (Å²) in [4.78, 5) is 8.37. The number of hydrogen-bond donors (Lipinski definition) is 0. The normalized spacial score (nSPS) is 11.0. The van der Waals surface area contributed by atoms with Gasteiger partial charge < -0.3 is 0 Å². The molecule has 0 bridgehead atoms.